The van der Waals surface area contributed by atoms with Crippen LogP contribution in [0.2, 0.25) is 5.02 Å². The molecular formula is C19H14BrClN2O2. The number of rotatable bonds is 4. The van der Waals surface area contributed by atoms with Gasteiger partial charge in [0.2, 0.25) is 0 Å². The van der Waals surface area contributed by atoms with Crippen molar-refractivity contribution >= 4 is 39.7 Å². The van der Waals surface area contributed by atoms with E-state index in [4.69, 9.17) is 16.0 Å². The zero-order valence-corrected chi connectivity index (χ0v) is 15.6. The zero-order valence-electron chi connectivity index (χ0n) is 13.3. The molecule has 0 saturated heterocycles. The minimum atomic E-state index is -0.374. The van der Waals surface area contributed by atoms with Crippen LogP contribution in [0.3, 0.4) is 0 Å². The second kappa shape index (κ2) is 7.68. The van der Waals surface area contributed by atoms with E-state index in [0.717, 1.165) is 21.4 Å². The monoisotopic (exact) mass is 416 g/mol. The van der Waals surface area contributed by atoms with E-state index in [1.807, 2.05) is 43.3 Å². The summed E-state index contributed by atoms with van der Waals surface area (Å²) in [6.45, 7) is 1.91. The molecule has 0 aliphatic heterocycles. The van der Waals surface area contributed by atoms with Crippen LogP contribution in [0.1, 0.15) is 21.7 Å². The number of furan rings is 1. The van der Waals surface area contributed by atoms with Crippen LogP contribution in [0.15, 0.2) is 68.6 Å². The zero-order chi connectivity index (χ0) is 17.8. The van der Waals surface area contributed by atoms with E-state index in [1.165, 1.54) is 6.21 Å². The molecule has 3 rings (SSSR count). The molecule has 0 saturated carbocycles. The van der Waals surface area contributed by atoms with Crippen molar-refractivity contribution in [3.63, 3.8) is 0 Å². The number of amides is 1. The largest absolute Gasteiger partial charge is 0.455 e. The van der Waals surface area contributed by atoms with Gasteiger partial charge in [0.1, 0.15) is 11.5 Å². The Bertz CT molecular complexity index is 933. The van der Waals surface area contributed by atoms with Gasteiger partial charge >= 0.3 is 0 Å². The Kier molecular flexibility index (Phi) is 5.36. The molecule has 1 aromatic heterocycles. The molecule has 0 spiro atoms. The van der Waals surface area contributed by atoms with Gasteiger partial charge in [-0.1, -0.05) is 45.7 Å². The normalized spacial score (nSPS) is 11.0. The summed E-state index contributed by atoms with van der Waals surface area (Å²) < 4.78 is 6.70. The third kappa shape index (κ3) is 4.38. The lowest BCUT2D eigenvalue weighted by molar-refractivity contribution is 0.0955. The molecule has 2 aromatic carbocycles. The maximum atomic E-state index is 12.1. The Morgan fingerprint density at radius 3 is 2.64 bits per heavy atom. The van der Waals surface area contributed by atoms with Crippen molar-refractivity contribution in [1.29, 1.82) is 0 Å². The maximum absolute atomic E-state index is 12.1. The fourth-order valence-electron chi connectivity index (χ4n) is 2.21. The van der Waals surface area contributed by atoms with Crippen molar-refractivity contribution in [2.45, 2.75) is 6.92 Å². The van der Waals surface area contributed by atoms with Crippen molar-refractivity contribution in [2.75, 3.05) is 0 Å². The molecule has 0 aliphatic rings. The number of benzene rings is 2. The Labute approximate surface area is 158 Å². The van der Waals surface area contributed by atoms with Crippen LogP contribution in [-0.2, 0) is 0 Å². The summed E-state index contributed by atoms with van der Waals surface area (Å²) in [5.74, 6) is 0.885. The third-order valence-corrected chi connectivity index (χ3v) is 4.32. The lowest BCUT2D eigenvalue weighted by atomic mass is 10.1. The third-order valence-electron chi connectivity index (χ3n) is 3.48. The van der Waals surface area contributed by atoms with Gasteiger partial charge in [0.05, 0.1) is 16.8 Å². The van der Waals surface area contributed by atoms with E-state index in [-0.39, 0.29) is 5.91 Å². The number of carbonyl (C=O) groups excluding carboxylic acids is 1. The lowest BCUT2D eigenvalue weighted by Gasteiger charge is -2.03. The molecule has 25 heavy (non-hydrogen) atoms. The van der Waals surface area contributed by atoms with Crippen LogP contribution in [0.25, 0.3) is 11.3 Å². The van der Waals surface area contributed by atoms with Gasteiger partial charge in [-0.15, -0.1) is 0 Å². The molecule has 0 atom stereocenters. The first-order chi connectivity index (χ1) is 12.0. The number of hydrogen-bond acceptors (Lipinski definition) is 3. The second-order valence-electron chi connectivity index (χ2n) is 5.39. The number of nitrogens with zero attached hydrogens (tertiary/aromatic N) is 1. The highest BCUT2D eigenvalue weighted by Crippen LogP contribution is 2.23. The molecule has 0 fully saturated rings. The summed E-state index contributed by atoms with van der Waals surface area (Å²) in [5.41, 5.74) is 4.76. The first-order valence-corrected chi connectivity index (χ1v) is 8.65. The van der Waals surface area contributed by atoms with Gasteiger partial charge < -0.3 is 4.42 Å². The van der Waals surface area contributed by atoms with E-state index in [1.54, 1.807) is 18.2 Å². The predicted molar refractivity (Wildman–Crippen MR) is 103 cm³/mol. The average Bonchev–Trinajstić information content (AvgIpc) is 3.04. The van der Waals surface area contributed by atoms with E-state index in [9.17, 15) is 4.79 Å². The molecule has 1 N–H and O–H groups in total. The van der Waals surface area contributed by atoms with Crippen molar-refractivity contribution < 1.29 is 9.21 Å². The number of halogens is 2. The number of carbonyl (C=O) groups is 1. The molecular weight excluding hydrogens is 404 g/mol. The number of nitrogens with one attached hydrogen (secondary N) is 1. The predicted octanol–water partition coefficient (Wildman–Crippen LogP) is 5.43. The summed E-state index contributed by atoms with van der Waals surface area (Å²) in [6, 6.07) is 16.6. The second-order valence-corrected chi connectivity index (χ2v) is 6.71. The molecule has 0 radical (unpaired) electrons. The lowest BCUT2D eigenvalue weighted by Crippen LogP contribution is -2.18. The molecule has 0 bridgehead atoms. The molecule has 0 unspecified atom stereocenters. The van der Waals surface area contributed by atoms with Gasteiger partial charge in [0, 0.05) is 10.0 Å². The van der Waals surface area contributed by atoms with Crippen molar-refractivity contribution in [3.8, 4) is 11.3 Å². The number of hydrogen-bond donors (Lipinski definition) is 1. The standard InChI is InChI=1S/C19H14BrClN2O2/c1-12-2-8-16(17(21)10-12)19(24)23-22-11-15-7-9-18(25-15)13-3-5-14(20)6-4-13/h2-11H,1H3,(H,23,24). The topological polar surface area (TPSA) is 54.6 Å². The smallest absolute Gasteiger partial charge is 0.272 e. The van der Waals surface area contributed by atoms with Gasteiger partial charge in [-0.3, -0.25) is 4.79 Å². The van der Waals surface area contributed by atoms with Crippen LogP contribution < -0.4 is 5.43 Å². The molecule has 6 heteroatoms. The van der Waals surface area contributed by atoms with Crippen LogP contribution in [-0.4, -0.2) is 12.1 Å². The van der Waals surface area contributed by atoms with Crippen LogP contribution in [0, 0.1) is 6.92 Å². The van der Waals surface area contributed by atoms with Crippen LogP contribution in [0.4, 0.5) is 0 Å². The summed E-state index contributed by atoms with van der Waals surface area (Å²) in [4.78, 5) is 12.1. The number of aryl methyl sites for hydroxylation is 1. The van der Waals surface area contributed by atoms with Crippen molar-refractivity contribution in [3.05, 3.63) is 81.0 Å². The van der Waals surface area contributed by atoms with Gasteiger partial charge in [-0.25, -0.2) is 5.43 Å². The molecule has 3 aromatic rings. The average molecular weight is 418 g/mol. The van der Waals surface area contributed by atoms with E-state index >= 15 is 0 Å². The van der Waals surface area contributed by atoms with E-state index < -0.39 is 0 Å². The highest BCUT2D eigenvalue weighted by molar-refractivity contribution is 9.10. The van der Waals surface area contributed by atoms with E-state index in [2.05, 4.69) is 26.5 Å². The maximum Gasteiger partial charge on any atom is 0.272 e. The molecule has 4 nitrogen and oxygen atoms in total. The SMILES string of the molecule is Cc1ccc(C(=O)NN=Cc2ccc(-c3ccc(Br)cc3)o2)c(Cl)c1. The van der Waals surface area contributed by atoms with Crippen LogP contribution >= 0.6 is 27.5 Å². The fourth-order valence-corrected chi connectivity index (χ4v) is 2.80. The van der Waals surface area contributed by atoms with Crippen molar-refractivity contribution in [2.24, 2.45) is 5.10 Å². The summed E-state index contributed by atoms with van der Waals surface area (Å²) in [7, 11) is 0. The van der Waals surface area contributed by atoms with Gasteiger partial charge in [0.15, 0.2) is 0 Å². The Morgan fingerprint density at radius 2 is 1.92 bits per heavy atom. The van der Waals surface area contributed by atoms with E-state index in [0.29, 0.717) is 16.3 Å². The first-order valence-electron chi connectivity index (χ1n) is 7.48. The van der Waals surface area contributed by atoms with Gasteiger partial charge in [-0.05, 0) is 48.9 Å². The highest BCUT2D eigenvalue weighted by Gasteiger charge is 2.09. The molecule has 1 heterocycles. The van der Waals surface area contributed by atoms with Crippen molar-refractivity contribution in [1.82, 2.24) is 5.43 Å². The Morgan fingerprint density at radius 1 is 1.16 bits per heavy atom. The van der Waals surface area contributed by atoms with Gasteiger partial charge in [0.25, 0.3) is 5.91 Å². The minimum absolute atomic E-state index is 0.374. The quantitative estimate of drug-likeness (QED) is 0.454. The summed E-state index contributed by atoms with van der Waals surface area (Å²) in [6.07, 6.45) is 1.45. The summed E-state index contributed by atoms with van der Waals surface area (Å²) >= 11 is 9.47. The highest BCUT2D eigenvalue weighted by atomic mass is 79.9. The van der Waals surface area contributed by atoms with Crippen LogP contribution in [0.5, 0.6) is 0 Å². The summed E-state index contributed by atoms with van der Waals surface area (Å²) in [5, 5.41) is 4.31. The Balaban J connectivity index is 1.66. The number of hydrazone groups is 1. The molecule has 0 aliphatic carbocycles. The van der Waals surface area contributed by atoms with Gasteiger partial charge in [-0.2, -0.15) is 5.10 Å². The first kappa shape index (κ1) is 17.5. The fraction of sp³-hybridized carbons (Fsp3) is 0.0526. The molecule has 126 valence electrons. The molecule has 1 amide bonds. The Hall–Kier alpha value is -2.37. The minimum Gasteiger partial charge on any atom is -0.455 e.